The number of carboxylic acid groups (broad SMARTS) is 1. The Kier molecular flexibility index (Phi) is 3.79. The quantitative estimate of drug-likeness (QED) is 0.537. The number of hydrogen-bond acceptors (Lipinski definition) is 4. The van der Waals surface area contributed by atoms with Crippen molar-refractivity contribution < 1.29 is 20.1 Å². The largest absolute Gasteiger partial charge is 0.479 e. The Morgan fingerprint density at radius 3 is 2.20 bits per heavy atom. The zero-order valence-electron chi connectivity index (χ0n) is 7.95. The van der Waals surface area contributed by atoms with Crippen LogP contribution in [0.3, 0.4) is 0 Å². The van der Waals surface area contributed by atoms with Crippen LogP contribution in [0.25, 0.3) is 0 Å². The minimum atomic E-state index is -1.78. The first-order chi connectivity index (χ1) is 7.04. The van der Waals surface area contributed by atoms with Crippen LogP contribution in [-0.2, 0) is 4.79 Å². The van der Waals surface area contributed by atoms with Crippen molar-refractivity contribution in [1.29, 1.82) is 0 Å². The molecular formula is C10H13NO4. The molecule has 0 aromatic heterocycles. The minimum Gasteiger partial charge on any atom is -0.479 e. The fraction of sp³-hybridized carbons (Fsp3) is 0.300. The predicted octanol–water partition coefficient (Wildman–Crippen LogP) is -0.507. The fourth-order valence-corrected chi connectivity index (χ4v) is 1.21. The summed E-state index contributed by atoms with van der Waals surface area (Å²) in [5.74, 6) is -1.45. The standard InChI is InChI=1S/C10H13NO4/c11-7(9(13)10(14)15)8(12)6-4-2-1-3-5-6/h1-5,7-9,12-13H,11H2,(H,14,15)/t7-,8+,9+/m0/s1. The van der Waals surface area contributed by atoms with Crippen LogP contribution in [0.15, 0.2) is 30.3 Å². The topological polar surface area (TPSA) is 104 Å². The molecule has 5 nitrogen and oxygen atoms in total. The molecule has 5 heteroatoms. The maximum atomic E-state index is 10.4. The van der Waals surface area contributed by atoms with E-state index in [4.69, 9.17) is 15.9 Å². The van der Waals surface area contributed by atoms with Crippen molar-refractivity contribution in [3.05, 3.63) is 35.9 Å². The number of aliphatic hydroxyl groups excluding tert-OH is 2. The van der Waals surface area contributed by atoms with Crippen LogP contribution in [0, 0.1) is 0 Å². The predicted molar refractivity (Wildman–Crippen MR) is 53.0 cm³/mol. The molecule has 15 heavy (non-hydrogen) atoms. The second-order valence-electron chi connectivity index (χ2n) is 3.22. The van der Waals surface area contributed by atoms with Gasteiger partial charge in [-0.15, -0.1) is 0 Å². The zero-order chi connectivity index (χ0) is 11.4. The van der Waals surface area contributed by atoms with Gasteiger partial charge in [-0.05, 0) is 5.56 Å². The van der Waals surface area contributed by atoms with E-state index in [1.165, 1.54) is 0 Å². The number of aliphatic hydroxyl groups is 2. The van der Waals surface area contributed by atoms with Gasteiger partial charge in [0.15, 0.2) is 6.10 Å². The highest BCUT2D eigenvalue weighted by molar-refractivity contribution is 5.73. The average molecular weight is 211 g/mol. The molecule has 0 bridgehead atoms. The summed E-state index contributed by atoms with van der Waals surface area (Å²) in [7, 11) is 0. The van der Waals surface area contributed by atoms with Crippen LogP contribution in [0.5, 0.6) is 0 Å². The Bertz CT molecular complexity index is 327. The second kappa shape index (κ2) is 4.88. The van der Waals surface area contributed by atoms with Gasteiger partial charge in [0.05, 0.1) is 12.1 Å². The summed E-state index contributed by atoms with van der Waals surface area (Å²) in [5.41, 5.74) is 5.89. The SMILES string of the molecule is N[C@@H]([C@H](O)c1ccccc1)[C@@H](O)C(=O)O. The number of carboxylic acids is 1. The lowest BCUT2D eigenvalue weighted by Crippen LogP contribution is -2.44. The van der Waals surface area contributed by atoms with Gasteiger partial charge in [0.2, 0.25) is 0 Å². The second-order valence-corrected chi connectivity index (χ2v) is 3.22. The first kappa shape index (κ1) is 11.6. The molecule has 0 amide bonds. The maximum Gasteiger partial charge on any atom is 0.334 e. The number of rotatable bonds is 4. The van der Waals surface area contributed by atoms with Crippen LogP contribution in [0.1, 0.15) is 11.7 Å². The third kappa shape index (κ3) is 2.76. The van der Waals surface area contributed by atoms with Gasteiger partial charge in [0.25, 0.3) is 0 Å². The van der Waals surface area contributed by atoms with E-state index >= 15 is 0 Å². The highest BCUT2D eigenvalue weighted by Crippen LogP contribution is 2.17. The Morgan fingerprint density at radius 1 is 1.20 bits per heavy atom. The van der Waals surface area contributed by atoms with Crippen molar-refractivity contribution in [2.24, 2.45) is 5.73 Å². The van der Waals surface area contributed by atoms with E-state index in [0.29, 0.717) is 5.56 Å². The van der Waals surface area contributed by atoms with Crippen LogP contribution in [0.2, 0.25) is 0 Å². The van der Waals surface area contributed by atoms with Crippen LogP contribution < -0.4 is 5.73 Å². The van der Waals surface area contributed by atoms with Gasteiger partial charge < -0.3 is 21.1 Å². The number of benzene rings is 1. The monoisotopic (exact) mass is 211 g/mol. The van der Waals surface area contributed by atoms with Gasteiger partial charge in [0.1, 0.15) is 0 Å². The summed E-state index contributed by atoms with van der Waals surface area (Å²) in [6.45, 7) is 0. The van der Waals surface area contributed by atoms with E-state index in [1.807, 2.05) is 0 Å². The van der Waals surface area contributed by atoms with Crippen LogP contribution in [0.4, 0.5) is 0 Å². The van der Waals surface area contributed by atoms with Crippen molar-refractivity contribution in [3.63, 3.8) is 0 Å². The molecule has 1 aromatic rings. The van der Waals surface area contributed by atoms with Gasteiger partial charge in [0, 0.05) is 0 Å². The Hall–Kier alpha value is -1.43. The van der Waals surface area contributed by atoms with Crippen molar-refractivity contribution in [1.82, 2.24) is 0 Å². The van der Waals surface area contributed by atoms with Gasteiger partial charge in [-0.2, -0.15) is 0 Å². The molecule has 0 saturated heterocycles. The number of hydrogen-bond donors (Lipinski definition) is 4. The van der Waals surface area contributed by atoms with E-state index in [0.717, 1.165) is 0 Å². The lowest BCUT2D eigenvalue weighted by atomic mass is 9.99. The van der Waals surface area contributed by atoms with Gasteiger partial charge >= 0.3 is 5.97 Å². The molecule has 82 valence electrons. The molecule has 1 rings (SSSR count). The van der Waals surface area contributed by atoms with Crippen LogP contribution in [-0.4, -0.2) is 33.4 Å². The third-order valence-electron chi connectivity index (χ3n) is 2.12. The van der Waals surface area contributed by atoms with Crippen LogP contribution >= 0.6 is 0 Å². The molecule has 0 fully saturated rings. The highest BCUT2D eigenvalue weighted by Gasteiger charge is 2.29. The molecule has 0 heterocycles. The summed E-state index contributed by atoms with van der Waals surface area (Å²) in [4.78, 5) is 10.4. The average Bonchev–Trinajstić information content (AvgIpc) is 2.27. The number of nitrogens with two attached hydrogens (primary N) is 1. The molecule has 3 atom stereocenters. The van der Waals surface area contributed by atoms with Gasteiger partial charge in [-0.1, -0.05) is 30.3 Å². The van der Waals surface area contributed by atoms with Crippen molar-refractivity contribution in [3.8, 4) is 0 Å². The van der Waals surface area contributed by atoms with Gasteiger partial charge in [-0.3, -0.25) is 0 Å². The summed E-state index contributed by atoms with van der Waals surface area (Å²) < 4.78 is 0. The first-order valence-corrected chi connectivity index (χ1v) is 4.43. The lowest BCUT2D eigenvalue weighted by molar-refractivity contribution is -0.149. The van der Waals surface area contributed by atoms with Crippen molar-refractivity contribution in [2.45, 2.75) is 18.2 Å². The molecule has 1 aromatic carbocycles. The summed E-state index contributed by atoms with van der Waals surface area (Å²) >= 11 is 0. The molecule has 0 aliphatic heterocycles. The fourth-order valence-electron chi connectivity index (χ4n) is 1.21. The smallest absolute Gasteiger partial charge is 0.334 e. The molecule has 5 N–H and O–H groups in total. The molecule has 0 saturated carbocycles. The van der Waals surface area contributed by atoms with E-state index in [9.17, 15) is 9.90 Å². The molecule has 0 radical (unpaired) electrons. The van der Waals surface area contributed by atoms with E-state index in [1.54, 1.807) is 30.3 Å². The Balaban J connectivity index is 2.77. The van der Waals surface area contributed by atoms with E-state index in [-0.39, 0.29) is 0 Å². The molecule has 0 spiro atoms. The summed E-state index contributed by atoms with van der Waals surface area (Å²) in [5, 5.41) is 27.3. The molecular weight excluding hydrogens is 198 g/mol. The Morgan fingerprint density at radius 2 is 1.73 bits per heavy atom. The molecule has 0 unspecified atom stereocenters. The number of aliphatic carboxylic acids is 1. The maximum absolute atomic E-state index is 10.4. The lowest BCUT2D eigenvalue weighted by Gasteiger charge is -2.21. The Labute approximate surface area is 86.8 Å². The minimum absolute atomic E-state index is 0.477. The first-order valence-electron chi connectivity index (χ1n) is 4.43. The zero-order valence-corrected chi connectivity index (χ0v) is 7.95. The van der Waals surface area contributed by atoms with E-state index in [2.05, 4.69) is 0 Å². The highest BCUT2D eigenvalue weighted by atomic mass is 16.4. The summed E-state index contributed by atoms with van der Waals surface area (Å²) in [6.07, 6.45) is -2.97. The molecule has 0 aliphatic carbocycles. The normalized spacial score (nSPS) is 16.7. The van der Waals surface area contributed by atoms with Crippen molar-refractivity contribution >= 4 is 5.97 Å². The van der Waals surface area contributed by atoms with Crippen molar-refractivity contribution in [2.75, 3.05) is 0 Å². The van der Waals surface area contributed by atoms with Gasteiger partial charge in [-0.25, -0.2) is 4.79 Å². The van der Waals surface area contributed by atoms with E-state index < -0.39 is 24.2 Å². The summed E-state index contributed by atoms with van der Waals surface area (Å²) in [6, 6.07) is 7.12. The molecule has 0 aliphatic rings. The number of carbonyl (C=O) groups is 1. The third-order valence-corrected chi connectivity index (χ3v) is 2.12.